The van der Waals surface area contributed by atoms with Crippen molar-refractivity contribution in [2.24, 2.45) is 5.73 Å². The van der Waals surface area contributed by atoms with E-state index in [0.29, 0.717) is 28.7 Å². The Morgan fingerprint density at radius 3 is 2.50 bits per heavy atom. The van der Waals surface area contributed by atoms with E-state index in [1.165, 1.54) is 0 Å². The molecule has 3 N–H and O–H groups in total. The Morgan fingerprint density at radius 2 is 1.90 bits per heavy atom. The zero-order valence-electron chi connectivity index (χ0n) is 11.0. The standard InChI is InChI=1S/C15H15ClN2O2/c1-19-13-4-2-3-12(15(17)18)14(13)20-9-10-5-7-11(16)8-6-10/h2-8H,9H2,1H3,(H3,17,18). The van der Waals surface area contributed by atoms with Crippen LogP contribution in [-0.2, 0) is 6.61 Å². The molecule has 0 heterocycles. The molecule has 0 radical (unpaired) electrons. The summed E-state index contributed by atoms with van der Waals surface area (Å²) in [7, 11) is 1.55. The number of benzene rings is 2. The van der Waals surface area contributed by atoms with Gasteiger partial charge in [-0.3, -0.25) is 5.41 Å². The Bertz CT molecular complexity index is 612. The zero-order chi connectivity index (χ0) is 14.5. The van der Waals surface area contributed by atoms with Gasteiger partial charge in [0.2, 0.25) is 0 Å². The molecule has 0 amide bonds. The van der Waals surface area contributed by atoms with E-state index in [-0.39, 0.29) is 5.84 Å². The van der Waals surface area contributed by atoms with Crippen molar-refractivity contribution in [2.45, 2.75) is 6.61 Å². The molecule has 5 heteroatoms. The molecule has 2 aromatic carbocycles. The molecule has 0 saturated heterocycles. The molecule has 0 saturated carbocycles. The molecule has 0 unspecified atom stereocenters. The Kier molecular flexibility index (Phi) is 4.48. The van der Waals surface area contributed by atoms with Crippen LogP contribution in [-0.4, -0.2) is 12.9 Å². The number of rotatable bonds is 5. The summed E-state index contributed by atoms with van der Waals surface area (Å²) >= 11 is 5.84. The average molecular weight is 291 g/mol. The summed E-state index contributed by atoms with van der Waals surface area (Å²) in [6.07, 6.45) is 0. The number of hydrogen-bond donors (Lipinski definition) is 2. The number of halogens is 1. The lowest BCUT2D eigenvalue weighted by Gasteiger charge is -2.14. The minimum atomic E-state index is -0.0602. The van der Waals surface area contributed by atoms with Crippen molar-refractivity contribution in [2.75, 3.05) is 7.11 Å². The van der Waals surface area contributed by atoms with Crippen molar-refractivity contribution < 1.29 is 9.47 Å². The van der Waals surface area contributed by atoms with Crippen molar-refractivity contribution >= 4 is 17.4 Å². The zero-order valence-corrected chi connectivity index (χ0v) is 11.8. The summed E-state index contributed by atoms with van der Waals surface area (Å²) in [6, 6.07) is 12.6. The quantitative estimate of drug-likeness (QED) is 0.656. The van der Waals surface area contributed by atoms with Gasteiger partial charge >= 0.3 is 0 Å². The van der Waals surface area contributed by atoms with Crippen LogP contribution in [0.15, 0.2) is 42.5 Å². The van der Waals surface area contributed by atoms with Gasteiger partial charge < -0.3 is 15.2 Å². The van der Waals surface area contributed by atoms with Gasteiger partial charge in [-0.15, -0.1) is 0 Å². The van der Waals surface area contributed by atoms with Crippen LogP contribution in [0.3, 0.4) is 0 Å². The molecule has 2 rings (SSSR count). The van der Waals surface area contributed by atoms with Gasteiger partial charge in [-0.1, -0.05) is 29.8 Å². The number of nitrogens with two attached hydrogens (primary N) is 1. The lowest BCUT2D eigenvalue weighted by atomic mass is 10.1. The number of para-hydroxylation sites is 1. The topological polar surface area (TPSA) is 68.3 Å². The van der Waals surface area contributed by atoms with Gasteiger partial charge in [-0.25, -0.2) is 0 Å². The monoisotopic (exact) mass is 290 g/mol. The summed E-state index contributed by atoms with van der Waals surface area (Å²) in [6.45, 7) is 0.345. The minimum absolute atomic E-state index is 0.0602. The van der Waals surface area contributed by atoms with E-state index in [1.807, 2.05) is 12.1 Å². The smallest absolute Gasteiger partial charge is 0.172 e. The van der Waals surface area contributed by atoms with E-state index in [1.54, 1.807) is 37.4 Å². The van der Waals surface area contributed by atoms with Gasteiger partial charge in [0.05, 0.1) is 12.7 Å². The first-order valence-corrected chi connectivity index (χ1v) is 6.38. The van der Waals surface area contributed by atoms with Crippen molar-refractivity contribution in [1.29, 1.82) is 5.41 Å². The van der Waals surface area contributed by atoms with E-state index < -0.39 is 0 Å². The van der Waals surface area contributed by atoms with Gasteiger partial charge in [0, 0.05) is 5.02 Å². The Labute approximate surface area is 122 Å². The van der Waals surface area contributed by atoms with Crippen molar-refractivity contribution in [1.82, 2.24) is 0 Å². The Hall–Kier alpha value is -2.20. The first-order chi connectivity index (χ1) is 9.61. The second-order valence-electron chi connectivity index (χ2n) is 4.17. The predicted octanol–water partition coefficient (Wildman–Crippen LogP) is 3.21. The van der Waals surface area contributed by atoms with E-state index in [4.69, 9.17) is 32.2 Å². The molecule has 0 spiro atoms. The number of methoxy groups -OCH3 is 1. The lowest BCUT2D eigenvalue weighted by molar-refractivity contribution is 0.284. The van der Waals surface area contributed by atoms with Crippen LogP contribution in [0.5, 0.6) is 11.5 Å². The molecule has 20 heavy (non-hydrogen) atoms. The molecule has 0 aromatic heterocycles. The highest BCUT2D eigenvalue weighted by Crippen LogP contribution is 2.31. The Morgan fingerprint density at radius 1 is 1.20 bits per heavy atom. The number of ether oxygens (including phenoxy) is 2. The van der Waals surface area contributed by atoms with E-state index in [2.05, 4.69) is 0 Å². The summed E-state index contributed by atoms with van der Waals surface area (Å²) in [5.74, 6) is 0.958. The van der Waals surface area contributed by atoms with Crippen LogP contribution in [0.25, 0.3) is 0 Å². The largest absolute Gasteiger partial charge is 0.493 e. The predicted molar refractivity (Wildman–Crippen MR) is 79.8 cm³/mol. The molecule has 2 aromatic rings. The van der Waals surface area contributed by atoms with Crippen LogP contribution >= 0.6 is 11.6 Å². The summed E-state index contributed by atoms with van der Waals surface area (Å²) in [5, 5.41) is 8.26. The normalized spacial score (nSPS) is 10.1. The van der Waals surface area contributed by atoms with Crippen LogP contribution in [0, 0.1) is 5.41 Å². The van der Waals surface area contributed by atoms with Crippen LogP contribution in [0.1, 0.15) is 11.1 Å². The van der Waals surface area contributed by atoms with Gasteiger partial charge in [-0.2, -0.15) is 0 Å². The first-order valence-electron chi connectivity index (χ1n) is 6.00. The number of nitrogen functional groups attached to an aromatic ring is 1. The lowest BCUT2D eigenvalue weighted by Crippen LogP contribution is -2.13. The van der Waals surface area contributed by atoms with Crippen molar-refractivity contribution in [3.05, 3.63) is 58.6 Å². The highest BCUT2D eigenvalue weighted by Gasteiger charge is 2.12. The van der Waals surface area contributed by atoms with E-state index in [0.717, 1.165) is 5.56 Å². The number of nitrogens with one attached hydrogen (secondary N) is 1. The maximum atomic E-state index is 7.58. The second-order valence-corrected chi connectivity index (χ2v) is 4.60. The third-order valence-electron chi connectivity index (χ3n) is 2.79. The van der Waals surface area contributed by atoms with Gasteiger partial charge in [0.25, 0.3) is 0 Å². The molecule has 0 bridgehead atoms. The molecule has 0 atom stereocenters. The molecule has 104 valence electrons. The molecule has 0 fully saturated rings. The maximum Gasteiger partial charge on any atom is 0.172 e. The van der Waals surface area contributed by atoms with Crippen LogP contribution in [0.2, 0.25) is 5.02 Å². The van der Waals surface area contributed by atoms with Gasteiger partial charge in [0.1, 0.15) is 12.4 Å². The fourth-order valence-corrected chi connectivity index (χ4v) is 1.90. The van der Waals surface area contributed by atoms with Crippen LogP contribution in [0.4, 0.5) is 0 Å². The molecule has 4 nitrogen and oxygen atoms in total. The fraction of sp³-hybridized carbons (Fsp3) is 0.133. The summed E-state index contributed by atoms with van der Waals surface area (Å²) in [4.78, 5) is 0. The van der Waals surface area contributed by atoms with Crippen molar-refractivity contribution in [3.8, 4) is 11.5 Å². The highest BCUT2D eigenvalue weighted by molar-refractivity contribution is 6.30. The third kappa shape index (κ3) is 3.22. The molecule has 0 aliphatic carbocycles. The molecular weight excluding hydrogens is 276 g/mol. The minimum Gasteiger partial charge on any atom is -0.493 e. The van der Waals surface area contributed by atoms with Crippen molar-refractivity contribution in [3.63, 3.8) is 0 Å². The SMILES string of the molecule is COc1cccc(C(=N)N)c1OCc1ccc(Cl)cc1. The van der Waals surface area contributed by atoms with Crippen LogP contribution < -0.4 is 15.2 Å². The second kappa shape index (κ2) is 6.30. The van der Waals surface area contributed by atoms with E-state index >= 15 is 0 Å². The highest BCUT2D eigenvalue weighted by atomic mass is 35.5. The van der Waals surface area contributed by atoms with Gasteiger partial charge in [0.15, 0.2) is 11.5 Å². The van der Waals surface area contributed by atoms with Gasteiger partial charge in [-0.05, 0) is 29.8 Å². The fourth-order valence-electron chi connectivity index (χ4n) is 1.77. The molecule has 0 aliphatic heterocycles. The molecular formula is C15H15ClN2O2. The maximum absolute atomic E-state index is 7.58. The number of hydrogen-bond acceptors (Lipinski definition) is 3. The summed E-state index contributed by atoms with van der Waals surface area (Å²) in [5.41, 5.74) is 7.04. The molecule has 0 aliphatic rings. The average Bonchev–Trinajstić information content (AvgIpc) is 2.46. The Balaban J connectivity index is 2.23. The number of amidine groups is 1. The third-order valence-corrected chi connectivity index (χ3v) is 3.04. The summed E-state index contributed by atoms with van der Waals surface area (Å²) < 4.78 is 11.0. The first kappa shape index (κ1) is 14.2. The van der Waals surface area contributed by atoms with E-state index in [9.17, 15) is 0 Å².